The van der Waals surface area contributed by atoms with Crippen molar-refractivity contribution < 1.29 is 28.8 Å². The number of amides is 4. The molecule has 2 aromatic carbocycles. The second-order valence-electron chi connectivity index (χ2n) is 22.0. The number of piperidine rings is 2. The van der Waals surface area contributed by atoms with Crippen LogP contribution < -0.4 is 21.3 Å². The summed E-state index contributed by atoms with van der Waals surface area (Å²) in [4.78, 5) is 87.6. The number of carbonyl (C=O) groups excluding carboxylic acids is 6. The normalized spacial score (nSPS) is 24.2. The van der Waals surface area contributed by atoms with Crippen molar-refractivity contribution in [1.82, 2.24) is 40.9 Å². The minimum atomic E-state index is -0.660. The molecule has 2 unspecified atom stereocenters. The number of likely N-dealkylation sites (N-methyl/N-ethyl adjacent to an activating group) is 2. The minimum absolute atomic E-state index is 0.0593. The largest absolute Gasteiger partial charge is 0.343 e. The van der Waals surface area contributed by atoms with E-state index in [1.807, 2.05) is 60.3 Å². The van der Waals surface area contributed by atoms with Crippen LogP contribution in [0.15, 0.2) is 48.5 Å². The van der Waals surface area contributed by atoms with Crippen LogP contribution in [-0.4, -0.2) is 159 Å². The van der Waals surface area contributed by atoms with Gasteiger partial charge in [0.1, 0.15) is 29.7 Å². The van der Waals surface area contributed by atoms with Crippen LogP contribution in [0.3, 0.4) is 0 Å². The van der Waals surface area contributed by atoms with E-state index in [9.17, 15) is 28.8 Å². The number of ketones is 2. The lowest BCUT2D eigenvalue weighted by molar-refractivity contribution is -0.144. The van der Waals surface area contributed by atoms with Gasteiger partial charge in [0.25, 0.3) is 0 Å². The summed E-state index contributed by atoms with van der Waals surface area (Å²) in [5.41, 5.74) is 1.29. The number of rotatable bonds is 14. The highest BCUT2D eigenvalue weighted by molar-refractivity contribution is 6.30. The number of carbonyl (C=O) groups is 6. The van der Waals surface area contributed by atoms with Gasteiger partial charge in [0.05, 0.1) is 6.04 Å². The van der Waals surface area contributed by atoms with Gasteiger partial charge < -0.3 is 36.0 Å². The van der Waals surface area contributed by atoms with E-state index in [-0.39, 0.29) is 58.1 Å². The molecule has 0 spiro atoms. The summed E-state index contributed by atoms with van der Waals surface area (Å²) in [6.45, 7) is 10.2. The van der Waals surface area contributed by atoms with Crippen molar-refractivity contribution in [2.24, 2.45) is 22.7 Å². The summed E-state index contributed by atoms with van der Waals surface area (Å²) in [6.07, 6.45) is 15.4. The van der Waals surface area contributed by atoms with E-state index in [0.29, 0.717) is 93.4 Å². The Kier molecular flexibility index (Phi) is 20.2. The number of halogens is 2. The van der Waals surface area contributed by atoms with E-state index in [0.717, 1.165) is 69.3 Å². The SMILES string of the molecule is CC(=O)C1(C2CCCCC2)CCN(C(=O)C(Cc2ccc(Cl)cc2)NC(=O)C2CN(C)CCN2C)CC1.CC(=O)C1(C2CCCCC2)CCN(C(=O)[C@@H](Cc2ccc(Cl)cc2)NC(=O)[C@@H]2CNCCN2)CC1. The number of hydrogen-bond acceptors (Lipinski definition) is 10. The van der Waals surface area contributed by atoms with Crippen LogP contribution in [0.1, 0.15) is 115 Å². The predicted octanol–water partition coefficient (Wildman–Crippen LogP) is 6.10. The zero-order valence-electron chi connectivity index (χ0n) is 43.5. The Morgan fingerprint density at radius 1 is 0.597 bits per heavy atom. The molecule has 2 aliphatic carbocycles. The van der Waals surface area contributed by atoms with Gasteiger partial charge in [0, 0.05) is 99.2 Å². The summed E-state index contributed by atoms with van der Waals surface area (Å²) in [7, 11) is 3.98. The van der Waals surface area contributed by atoms with Crippen molar-refractivity contribution in [2.45, 2.75) is 141 Å². The van der Waals surface area contributed by atoms with E-state index >= 15 is 0 Å². The van der Waals surface area contributed by atoms with Crippen LogP contribution in [0.5, 0.6) is 0 Å². The molecule has 0 radical (unpaired) electrons. The molecule has 16 heteroatoms. The third-order valence-corrected chi connectivity index (χ3v) is 18.1. The van der Waals surface area contributed by atoms with Crippen molar-refractivity contribution in [3.8, 4) is 0 Å². The van der Waals surface area contributed by atoms with Crippen LogP contribution in [0, 0.1) is 22.7 Å². The smallest absolute Gasteiger partial charge is 0.245 e. The molecule has 2 saturated carbocycles. The molecule has 8 rings (SSSR count). The quantitative estimate of drug-likeness (QED) is 0.174. The van der Waals surface area contributed by atoms with Crippen LogP contribution in [0.2, 0.25) is 10.0 Å². The number of Topliss-reactive ketones (excluding diaryl/α,β-unsaturated/α-hetero) is 2. The van der Waals surface area contributed by atoms with Crippen LogP contribution in [-0.2, 0) is 41.6 Å². The number of benzene rings is 2. The first-order valence-electron chi connectivity index (χ1n) is 27.1. The van der Waals surface area contributed by atoms with Crippen LogP contribution >= 0.6 is 23.2 Å². The first-order valence-corrected chi connectivity index (χ1v) is 27.9. The van der Waals surface area contributed by atoms with Crippen LogP contribution in [0.4, 0.5) is 0 Å². The summed E-state index contributed by atoms with van der Waals surface area (Å²) in [6, 6.07) is 12.9. The summed E-state index contributed by atoms with van der Waals surface area (Å²) >= 11 is 12.1. The molecular weight excluding hydrogens is 952 g/mol. The Labute approximate surface area is 438 Å². The molecule has 396 valence electrons. The summed E-state index contributed by atoms with van der Waals surface area (Å²) < 4.78 is 0. The van der Waals surface area contributed by atoms with Gasteiger partial charge in [0.15, 0.2) is 0 Å². The van der Waals surface area contributed by atoms with E-state index in [1.165, 1.54) is 38.5 Å². The fourth-order valence-electron chi connectivity index (χ4n) is 12.9. The lowest BCUT2D eigenvalue weighted by Crippen LogP contribution is -2.60. The maximum atomic E-state index is 13.9. The molecule has 6 aliphatic rings. The standard InChI is InChI=1S/C29H43ClN4O3.C27H39ClN4O3/c1-21(35)29(23-7-5-4-6-8-23)13-15-34(16-14-29)28(37)25(19-22-9-11-24(30)12-10-22)31-27(36)26-20-32(2)17-18-33(26)3;1-19(33)27(21-5-3-2-4-6-21)11-15-32(16-12-27)26(35)23(17-20-7-9-22(28)10-8-20)31-25(34)24-18-29-13-14-30-24/h9-12,23,25-26H,4-8,13-20H2,1-3H3,(H,31,36);7-10,21,23-24,29-30H,2-6,11-18H2,1H3,(H,31,34)/t;23-,24+/m.1/s1. The lowest BCUT2D eigenvalue weighted by atomic mass is 9.62. The molecule has 6 fully saturated rings. The molecular formula is C56H82Cl2N8O6. The van der Waals surface area contributed by atoms with Crippen molar-refractivity contribution in [1.29, 1.82) is 0 Å². The van der Waals surface area contributed by atoms with Gasteiger partial charge >= 0.3 is 0 Å². The molecule has 2 aromatic rings. The molecule has 4 aliphatic heterocycles. The highest BCUT2D eigenvalue weighted by Crippen LogP contribution is 2.48. The zero-order valence-corrected chi connectivity index (χ0v) is 45.0. The number of nitrogens with zero attached hydrogens (tertiary/aromatic N) is 4. The van der Waals surface area contributed by atoms with E-state index in [1.54, 1.807) is 26.0 Å². The molecule has 72 heavy (non-hydrogen) atoms. The number of piperazine rings is 2. The van der Waals surface area contributed by atoms with Crippen molar-refractivity contribution in [3.05, 3.63) is 69.7 Å². The number of likely N-dealkylation sites (tertiary alicyclic amines) is 2. The Balaban J connectivity index is 0.000000212. The van der Waals surface area contributed by atoms with Crippen molar-refractivity contribution in [2.75, 3.05) is 79.5 Å². The molecule has 4 amide bonds. The summed E-state index contributed by atoms with van der Waals surface area (Å²) in [5, 5.41) is 13.8. The molecule has 4 saturated heterocycles. The van der Waals surface area contributed by atoms with E-state index in [2.05, 4.69) is 31.1 Å². The average Bonchev–Trinajstić information content (AvgIpc) is 3.40. The molecule has 4 heterocycles. The predicted molar refractivity (Wildman–Crippen MR) is 284 cm³/mol. The van der Waals surface area contributed by atoms with Crippen LogP contribution in [0.25, 0.3) is 0 Å². The highest BCUT2D eigenvalue weighted by Gasteiger charge is 2.48. The molecule has 0 bridgehead atoms. The van der Waals surface area contributed by atoms with Gasteiger partial charge in [-0.15, -0.1) is 0 Å². The first-order chi connectivity index (χ1) is 34.6. The average molecular weight is 1030 g/mol. The molecule has 4 atom stereocenters. The fourth-order valence-corrected chi connectivity index (χ4v) is 13.1. The van der Waals surface area contributed by atoms with Gasteiger partial charge in [0.2, 0.25) is 23.6 Å². The fraction of sp³-hybridized carbons (Fsp3) is 0.679. The maximum absolute atomic E-state index is 13.9. The zero-order chi connectivity index (χ0) is 51.4. The van der Waals surface area contributed by atoms with Gasteiger partial charge in [-0.2, -0.15) is 0 Å². The number of hydrogen-bond donors (Lipinski definition) is 4. The molecule has 4 N–H and O–H groups in total. The van der Waals surface area contributed by atoms with Gasteiger partial charge in [-0.05, 0) is 127 Å². The monoisotopic (exact) mass is 1030 g/mol. The number of nitrogens with one attached hydrogen (secondary N) is 4. The van der Waals surface area contributed by atoms with Gasteiger partial charge in [-0.25, -0.2) is 0 Å². The second-order valence-corrected chi connectivity index (χ2v) is 22.9. The third kappa shape index (κ3) is 14.1. The van der Waals surface area contributed by atoms with Crippen molar-refractivity contribution in [3.63, 3.8) is 0 Å². The van der Waals surface area contributed by atoms with E-state index < -0.39 is 12.1 Å². The molecule has 0 aromatic heterocycles. The molecule has 14 nitrogen and oxygen atoms in total. The lowest BCUT2D eigenvalue weighted by Gasteiger charge is -2.47. The van der Waals surface area contributed by atoms with E-state index in [4.69, 9.17) is 23.2 Å². The minimum Gasteiger partial charge on any atom is -0.343 e. The second kappa shape index (κ2) is 26.0. The Hall–Kier alpha value is -3.92. The first kappa shape index (κ1) is 55.8. The Bertz CT molecular complexity index is 2140. The highest BCUT2D eigenvalue weighted by atomic mass is 35.5. The topological polar surface area (TPSA) is 164 Å². The Morgan fingerprint density at radius 3 is 1.43 bits per heavy atom. The van der Waals surface area contributed by atoms with Crippen molar-refractivity contribution >= 4 is 58.4 Å². The van der Waals surface area contributed by atoms with Gasteiger partial charge in [-0.3, -0.25) is 33.7 Å². The van der Waals surface area contributed by atoms with Gasteiger partial charge in [-0.1, -0.05) is 86.0 Å². The summed E-state index contributed by atoms with van der Waals surface area (Å²) in [5.74, 6) is 1.01. The Morgan fingerprint density at radius 2 is 1.03 bits per heavy atom. The third-order valence-electron chi connectivity index (χ3n) is 17.6. The maximum Gasteiger partial charge on any atom is 0.245 e.